The highest BCUT2D eigenvalue weighted by atomic mass is 32.5. The highest BCUT2D eigenvalue weighted by Gasteiger charge is 2.44. The SMILES string of the molecule is CO[C@H]1[C@@H](C)[C@H](n2cnc3c(N)nc(CO)nc32)O[C@@H]1COP(O)(O)=S. The Hall–Kier alpha value is -1.24. The summed E-state index contributed by atoms with van der Waals surface area (Å²) in [5, 5.41) is 9.30. The molecule has 0 spiro atoms. The second kappa shape index (κ2) is 7.41. The molecule has 0 saturated carbocycles. The Labute approximate surface area is 154 Å². The van der Waals surface area contributed by atoms with Crippen LogP contribution in [-0.4, -0.2) is 60.3 Å². The summed E-state index contributed by atoms with van der Waals surface area (Å²) in [6.45, 7) is -2.37. The quantitative estimate of drug-likeness (QED) is 0.467. The second-order valence-electron chi connectivity index (χ2n) is 5.92. The van der Waals surface area contributed by atoms with Crippen LogP contribution in [0.15, 0.2) is 6.33 Å². The van der Waals surface area contributed by atoms with E-state index < -0.39 is 19.1 Å². The zero-order chi connectivity index (χ0) is 19.1. The number of aliphatic hydroxyl groups is 1. The van der Waals surface area contributed by atoms with E-state index in [0.717, 1.165) is 0 Å². The summed E-state index contributed by atoms with van der Waals surface area (Å²) in [4.78, 5) is 31.0. The van der Waals surface area contributed by atoms with E-state index in [1.807, 2.05) is 6.92 Å². The average Bonchev–Trinajstić information content (AvgIpc) is 3.13. The first-order chi connectivity index (χ1) is 12.2. The third-order valence-corrected chi connectivity index (χ3v) is 5.04. The second-order valence-corrected chi connectivity index (χ2v) is 8.58. The molecule has 0 aromatic carbocycles. The van der Waals surface area contributed by atoms with Gasteiger partial charge in [0.2, 0.25) is 0 Å². The molecule has 3 rings (SSSR count). The van der Waals surface area contributed by atoms with Crippen molar-refractivity contribution in [1.29, 1.82) is 0 Å². The van der Waals surface area contributed by atoms with Crippen LogP contribution >= 0.6 is 6.72 Å². The van der Waals surface area contributed by atoms with Gasteiger partial charge in [-0.25, -0.2) is 15.0 Å². The molecule has 4 atom stereocenters. The Balaban J connectivity index is 1.92. The van der Waals surface area contributed by atoms with Crippen molar-refractivity contribution < 1.29 is 28.9 Å². The minimum atomic E-state index is -3.80. The van der Waals surface area contributed by atoms with Gasteiger partial charge in [-0.05, 0) is 11.8 Å². The van der Waals surface area contributed by atoms with Gasteiger partial charge in [0.05, 0.1) is 19.0 Å². The van der Waals surface area contributed by atoms with Crippen molar-refractivity contribution in [2.45, 2.75) is 32.0 Å². The van der Waals surface area contributed by atoms with E-state index in [9.17, 15) is 14.9 Å². The molecule has 0 bridgehead atoms. The van der Waals surface area contributed by atoms with E-state index in [2.05, 4.69) is 26.8 Å². The first kappa shape index (κ1) is 19.5. The predicted octanol–water partition coefficient (Wildman–Crippen LogP) is -0.325. The highest BCUT2D eigenvalue weighted by Crippen LogP contribution is 2.41. The number of nitrogen functional groups attached to an aromatic ring is 1. The van der Waals surface area contributed by atoms with Crippen LogP contribution < -0.4 is 5.73 Å². The number of ether oxygens (including phenoxy) is 2. The summed E-state index contributed by atoms with van der Waals surface area (Å²) >= 11 is 4.47. The summed E-state index contributed by atoms with van der Waals surface area (Å²) in [6.07, 6.45) is 0.0527. The van der Waals surface area contributed by atoms with Gasteiger partial charge in [0.25, 0.3) is 0 Å². The number of nitrogens with two attached hydrogens (primary N) is 1. The Kier molecular flexibility index (Phi) is 5.56. The molecular weight excluding hydrogens is 385 g/mol. The molecule has 5 N–H and O–H groups in total. The van der Waals surface area contributed by atoms with Gasteiger partial charge in [-0.1, -0.05) is 6.92 Å². The number of imidazole rings is 1. The molecule has 0 unspecified atom stereocenters. The monoisotopic (exact) mass is 405 g/mol. The van der Waals surface area contributed by atoms with Gasteiger partial charge in [-0.3, -0.25) is 4.57 Å². The van der Waals surface area contributed by atoms with Crippen LogP contribution in [0.4, 0.5) is 5.82 Å². The molecule has 3 heterocycles. The van der Waals surface area contributed by atoms with Crippen LogP contribution in [0.3, 0.4) is 0 Å². The van der Waals surface area contributed by atoms with Gasteiger partial charge in [0, 0.05) is 13.0 Å². The van der Waals surface area contributed by atoms with Gasteiger partial charge in [0.1, 0.15) is 24.5 Å². The molecule has 0 amide bonds. The number of hydrogen-bond donors (Lipinski definition) is 4. The minimum Gasteiger partial charge on any atom is -0.388 e. The molecule has 2 aromatic rings. The lowest BCUT2D eigenvalue weighted by atomic mass is 10.0. The maximum atomic E-state index is 9.30. The van der Waals surface area contributed by atoms with Gasteiger partial charge >= 0.3 is 6.72 Å². The molecule has 0 radical (unpaired) electrons. The summed E-state index contributed by atoms with van der Waals surface area (Å²) in [7, 11) is 1.53. The fraction of sp³-hybridized carbons (Fsp3) is 0.615. The number of anilines is 1. The fourth-order valence-electron chi connectivity index (χ4n) is 3.11. The Morgan fingerprint density at radius 3 is 2.77 bits per heavy atom. The average molecular weight is 405 g/mol. The number of hydrogen-bond acceptors (Lipinski definition) is 9. The maximum Gasteiger partial charge on any atom is 0.321 e. The molecule has 1 aliphatic heterocycles. The van der Waals surface area contributed by atoms with Crippen LogP contribution in [-0.2, 0) is 32.4 Å². The summed E-state index contributed by atoms with van der Waals surface area (Å²) in [5.41, 5.74) is 6.69. The van der Waals surface area contributed by atoms with E-state index in [1.54, 1.807) is 4.57 Å². The molecule has 2 aromatic heterocycles. The molecule has 1 fully saturated rings. The molecule has 11 nitrogen and oxygen atoms in total. The van der Waals surface area contributed by atoms with Crippen molar-refractivity contribution in [2.24, 2.45) is 5.92 Å². The predicted molar refractivity (Wildman–Crippen MR) is 94.2 cm³/mol. The van der Waals surface area contributed by atoms with Crippen LogP contribution in [0.25, 0.3) is 11.2 Å². The third kappa shape index (κ3) is 3.73. The van der Waals surface area contributed by atoms with Crippen molar-refractivity contribution in [2.75, 3.05) is 19.5 Å². The molecule has 0 aliphatic carbocycles. The van der Waals surface area contributed by atoms with Crippen LogP contribution in [0.1, 0.15) is 19.0 Å². The van der Waals surface area contributed by atoms with E-state index in [4.69, 9.17) is 19.7 Å². The number of nitrogens with zero attached hydrogens (tertiary/aromatic N) is 4. The van der Waals surface area contributed by atoms with Crippen molar-refractivity contribution >= 4 is 35.5 Å². The third-order valence-electron chi connectivity index (χ3n) is 4.24. The lowest BCUT2D eigenvalue weighted by molar-refractivity contribution is -0.0484. The van der Waals surface area contributed by atoms with Gasteiger partial charge in [-0.2, -0.15) is 0 Å². The smallest absolute Gasteiger partial charge is 0.321 e. The van der Waals surface area contributed by atoms with Gasteiger partial charge in [-0.15, -0.1) is 0 Å². The summed E-state index contributed by atoms with van der Waals surface area (Å²) < 4.78 is 18.1. The van der Waals surface area contributed by atoms with Gasteiger partial charge < -0.3 is 34.6 Å². The van der Waals surface area contributed by atoms with Crippen molar-refractivity contribution in [3.8, 4) is 0 Å². The maximum absolute atomic E-state index is 9.30. The topological polar surface area (TPSA) is 158 Å². The molecule has 1 saturated heterocycles. The van der Waals surface area contributed by atoms with Crippen LogP contribution in [0, 0.1) is 5.92 Å². The number of fused-ring (bicyclic) bond motifs is 1. The fourth-order valence-corrected chi connectivity index (χ4v) is 3.64. The van der Waals surface area contributed by atoms with Crippen molar-refractivity contribution in [1.82, 2.24) is 19.5 Å². The molecular formula is C13H20N5O6PS. The molecule has 26 heavy (non-hydrogen) atoms. The van der Waals surface area contributed by atoms with E-state index in [-0.39, 0.29) is 36.9 Å². The lowest BCUT2D eigenvalue weighted by Crippen LogP contribution is -2.31. The van der Waals surface area contributed by atoms with E-state index in [1.165, 1.54) is 13.4 Å². The Morgan fingerprint density at radius 2 is 2.15 bits per heavy atom. The summed E-state index contributed by atoms with van der Waals surface area (Å²) in [5.74, 6) is 0.190. The van der Waals surface area contributed by atoms with E-state index in [0.29, 0.717) is 11.2 Å². The first-order valence-corrected chi connectivity index (χ1v) is 10.4. The number of aliphatic hydroxyl groups excluding tert-OH is 1. The van der Waals surface area contributed by atoms with Crippen LogP contribution in [0.5, 0.6) is 0 Å². The zero-order valence-electron chi connectivity index (χ0n) is 14.1. The first-order valence-electron chi connectivity index (χ1n) is 7.73. The van der Waals surface area contributed by atoms with Crippen molar-refractivity contribution in [3.05, 3.63) is 12.2 Å². The summed E-state index contributed by atoms with van der Waals surface area (Å²) in [6, 6.07) is 0. The highest BCUT2D eigenvalue weighted by molar-refractivity contribution is 8.06. The Morgan fingerprint density at radius 1 is 1.42 bits per heavy atom. The van der Waals surface area contributed by atoms with Crippen LogP contribution in [0.2, 0.25) is 0 Å². The lowest BCUT2D eigenvalue weighted by Gasteiger charge is -2.20. The molecule has 13 heteroatoms. The largest absolute Gasteiger partial charge is 0.388 e. The molecule has 144 valence electrons. The number of methoxy groups -OCH3 is 1. The van der Waals surface area contributed by atoms with Crippen molar-refractivity contribution in [3.63, 3.8) is 0 Å². The minimum absolute atomic E-state index is 0.130. The van der Waals surface area contributed by atoms with E-state index >= 15 is 0 Å². The normalized spacial score (nSPS) is 26.7. The number of aromatic nitrogens is 4. The standard InChI is InChI=1S/C13H20N5O6PS/c1-6-10(22-2)7(4-23-25(20,21)26)24-13(6)18-5-15-9-11(14)16-8(3-19)17-12(9)18/h5-7,10,13,19H,3-4H2,1-2H3,(H2,14,16,17)(H2,20,21,26)/t6-,7-,10+,13-/m1/s1. The Bertz CT molecular complexity index is 844. The number of rotatable bonds is 6. The molecule has 1 aliphatic rings. The zero-order valence-corrected chi connectivity index (χ0v) is 15.8. The van der Waals surface area contributed by atoms with Gasteiger partial charge in [0.15, 0.2) is 17.3 Å².